The lowest BCUT2D eigenvalue weighted by atomic mass is 10.0. The molecule has 0 bridgehead atoms. The number of rotatable bonds is 10. The summed E-state index contributed by atoms with van der Waals surface area (Å²) in [5.41, 5.74) is 5.00. The van der Waals surface area contributed by atoms with E-state index in [-0.39, 0.29) is 5.56 Å². The first-order valence-corrected chi connectivity index (χ1v) is 14.6. The summed E-state index contributed by atoms with van der Waals surface area (Å²) in [5, 5.41) is 9.34. The van der Waals surface area contributed by atoms with Gasteiger partial charge in [0.2, 0.25) is 4.96 Å². The molecule has 6 aromatic rings. The van der Waals surface area contributed by atoms with Gasteiger partial charge in [0.05, 0.1) is 24.4 Å². The van der Waals surface area contributed by atoms with Crippen LogP contribution < -0.4 is 24.3 Å². The molecule has 0 saturated carbocycles. The van der Waals surface area contributed by atoms with Crippen molar-refractivity contribution in [3.63, 3.8) is 0 Å². The molecule has 9 nitrogen and oxygen atoms in total. The Morgan fingerprint density at radius 3 is 2.45 bits per heavy atom. The Kier molecular flexibility index (Phi) is 8.07. The first-order chi connectivity index (χ1) is 21.5. The van der Waals surface area contributed by atoms with Gasteiger partial charge >= 0.3 is 0 Å². The average Bonchev–Trinajstić information content (AvgIpc) is 3.74. The zero-order valence-corrected chi connectivity index (χ0v) is 25.2. The monoisotopic (exact) mass is 603 g/mol. The predicted octanol–water partition coefficient (Wildman–Crippen LogP) is 5.61. The highest BCUT2D eigenvalue weighted by Gasteiger charge is 2.15. The summed E-state index contributed by atoms with van der Waals surface area (Å²) < 4.78 is 20.2. The standard InChI is InChI=1S/C34H29N5O4S/c1-5-17-43-28-14-11-23(19-29(28)42-4)12-16-31-35-34-39(36-31)33(40)30(44-34)20-25-21-38(26-9-7-6-8-10-26)37-32(25)24-13-15-27(41-3)22(2)18-24/h5-16,18-21H,1,17H2,2-4H3/b16-12+,30-20-. The Morgan fingerprint density at radius 1 is 0.932 bits per heavy atom. The molecule has 6 rings (SSSR count). The van der Waals surface area contributed by atoms with Crippen molar-refractivity contribution in [3.8, 4) is 34.2 Å². The Balaban J connectivity index is 1.35. The van der Waals surface area contributed by atoms with Crippen LogP contribution >= 0.6 is 11.3 Å². The molecule has 0 aliphatic heterocycles. The molecule has 44 heavy (non-hydrogen) atoms. The van der Waals surface area contributed by atoms with E-state index in [0.717, 1.165) is 39.4 Å². The molecule has 0 aliphatic rings. The normalized spacial score (nSPS) is 11.8. The molecular weight excluding hydrogens is 574 g/mol. The molecule has 0 amide bonds. The maximum absolute atomic E-state index is 13.4. The third-order valence-corrected chi connectivity index (χ3v) is 7.84. The van der Waals surface area contributed by atoms with Crippen molar-refractivity contribution in [1.29, 1.82) is 0 Å². The van der Waals surface area contributed by atoms with Gasteiger partial charge in [-0.3, -0.25) is 4.79 Å². The van der Waals surface area contributed by atoms with Crippen LogP contribution in [0, 0.1) is 6.92 Å². The van der Waals surface area contributed by atoms with E-state index in [1.807, 2.05) is 96.7 Å². The first kappa shape index (κ1) is 28.6. The van der Waals surface area contributed by atoms with Crippen molar-refractivity contribution < 1.29 is 14.2 Å². The number of para-hydroxylation sites is 1. The SMILES string of the molecule is C=CCOc1ccc(/C=C/c2nc3s/c(=C\c4cn(-c5ccccc5)nc4-c4ccc(OC)c(C)c4)c(=O)n3n2)cc1OC. The van der Waals surface area contributed by atoms with Gasteiger partial charge in [-0.2, -0.15) is 14.6 Å². The molecule has 0 fully saturated rings. The Morgan fingerprint density at radius 2 is 1.73 bits per heavy atom. The van der Waals surface area contributed by atoms with Gasteiger partial charge in [-0.25, -0.2) is 4.68 Å². The second kappa shape index (κ2) is 12.4. The first-order valence-electron chi connectivity index (χ1n) is 13.8. The van der Waals surface area contributed by atoms with Crippen LogP contribution in [0.3, 0.4) is 0 Å². The lowest BCUT2D eigenvalue weighted by Crippen LogP contribution is -2.23. The summed E-state index contributed by atoms with van der Waals surface area (Å²) >= 11 is 1.28. The zero-order valence-electron chi connectivity index (χ0n) is 24.4. The average molecular weight is 604 g/mol. The molecule has 0 N–H and O–H groups in total. The van der Waals surface area contributed by atoms with E-state index >= 15 is 0 Å². The van der Waals surface area contributed by atoms with Gasteiger partial charge in [0.1, 0.15) is 18.1 Å². The van der Waals surface area contributed by atoms with Crippen LogP contribution in [0.25, 0.3) is 40.1 Å². The number of fused-ring (bicyclic) bond motifs is 1. The van der Waals surface area contributed by atoms with E-state index in [2.05, 4.69) is 16.7 Å². The van der Waals surface area contributed by atoms with Gasteiger partial charge in [-0.1, -0.05) is 54.3 Å². The number of thiazole rings is 1. The van der Waals surface area contributed by atoms with Crippen LogP contribution in [-0.4, -0.2) is 45.2 Å². The van der Waals surface area contributed by atoms with E-state index in [4.69, 9.17) is 19.3 Å². The number of aromatic nitrogens is 5. The van der Waals surface area contributed by atoms with Crippen molar-refractivity contribution in [3.05, 3.63) is 123 Å². The van der Waals surface area contributed by atoms with E-state index in [1.54, 1.807) is 26.4 Å². The topological polar surface area (TPSA) is 92.8 Å². The number of methoxy groups -OCH3 is 2. The van der Waals surface area contributed by atoms with Crippen LogP contribution in [0.2, 0.25) is 0 Å². The zero-order chi connectivity index (χ0) is 30.6. The largest absolute Gasteiger partial charge is 0.496 e. The van der Waals surface area contributed by atoms with Crippen LogP contribution in [0.5, 0.6) is 17.2 Å². The van der Waals surface area contributed by atoms with Gasteiger partial charge in [0, 0.05) is 17.3 Å². The van der Waals surface area contributed by atoms with Crippen LogP contribution in [0.1, 0.15) is 22.5 Å². The maximum Gasteiger partial charge on any atom is 0.291 e. The van der Waals surface area contributed by atoms with E-state index in [1.165, 1.54) is 15.9 Å². The lowest BCUT2D eigenvalue weighted by molar-refractivity contribution is 0.326. The molecule has 0 spiro atoms. The molecule has 0 atom stereocenters. The van der Waals surface area contributed by atoms with Crippen LogP contribution in [0.15, 0.2) is 90.4 Å². The van der Waals surface area contributed by atoms with Crippen molar-refractivity contribution in [2.24, 2.45) is 0 Å². The Bertz CT molecular complexity index is 2110. The summed E-state index contributed by atoms with van der Waals surface area (Å²) in [6.07, 6.45) is 9.07. The molecule has 0 radical (unpaired) electrons. The van der Waals surface area contributed by atoms with Crippen LogP contribution in [-0.2, 0) is 0 Å². The maximum atomic E-state index is 13.4. The predicted molar refractivity (Wildman–Crippen MR) is 174 cm³/mol. The number of hydrogen-bond acceptors (Lipinski definition) is 8. The highest BCUT2D eigenvalue weighted by molar-refractivity contribution is 7.15. The summed E-state index contributed by atoms with van der Waals surface area (Å²) in [5.74, 6) is 2.46. The second-order valence-corrected chi connectivity index (χ2v) is 10.8. The molecule has 3 aromatic carbocycles. The molecule has 0 aliphatic carbocycles. The summed E-state index contributed by atoms with van der Waals surface area (Å²) in [6.45, 7) is 6.05. The smallest absolute Gasteiger partial charge is 0.291 e. The Hall–Kier alpha value is -5.48. The quantitative estimate of drug-likeness (QED) is 0.188. The van der Waals surface area contributed by atoms with Gasteiger partial charge in [-0.15, -0.1) is 5.10 Å². The summed E-state index contributed by atoms with van der Waals surface area (Å²) in [7, 11) is 3.24. The molecule has 220 valence electrons. The van der Waals surface area contributed by atoms with Crippen LogP contribution in [0.4, 0.5) is 0 Å². The molecule has 0 saturated heterocycles. The lowest BCUT2D eigenvalue weighted by Gasteiger charge is -2.09. The summed E-state index contributed by atoms with van der Waals surface area (Å²) in [4.78, 5) is 18.5. The Labute approximate surface area is 257 Å². The fourth-order valence-electron chi connectivity index (χ4n) is 4.74. The van der Waals surface area contributed by atoms with Crippen molar-refractivity contribution >= 4 is 34.5 Å². The number of nitrogens with zero attached hydrogens (tertiary/aromatic N) is 5. The van der Waals surface area contributed by atoms with E-state index in [9.17, 15) is 4.79 Å². The minimum atomic E-state index is -0.244. The fourth-order valence-corrected chi connectivity index (χ4v) is 5.65. The third-order valence-electron chi connectivity index (χ3n) is 6.89. The number of hydrogen-bond donors (Lipinski definition) is 0. The van der Waals surface area contributed by atoms with Gasteiger partial charge in [0.15, 0.2) is 17.3 Å². The van der Waals surface area contributed by atoms with Crippen molar-refractivity contribution in [1.82, 2.24) is 24.4 Å². The van der Waals surface area contributed by atoms with E-state index in [0.29, 0.717) is 33.4 Å². The molecule has 3 aromatic heterocycles. The third kappa shape index (κ3) is 5.75. The van der Waals surface area contributed by atoms with Crippen molar-refractivity contribution in [2.45, 2.75) is 6.92 Å². The number of aryl methyl sites for hydroxylation is 1. The van der Waals surface area contributed by atoms with E-state index < -0.39 is 0 Å². The fraction of sp³-hybridized carbons (Fsp3) is 0.118. The highest BCUT2D eigenvalue weighted by Crippen LogP contribution is 2.30. The van der Waals surface area contributed by atoms with Gasteiger partial charge in [0.25, 0.3) is 5.56 Å². The molecule has 0 unspecified atom stereocenters. The highest BCUT2D eigenvalue weighted by atomic mass is 32.1. The second-order valence-electron chi connectivity index (χ2n) is 9.82. The molecule has 3 heterocycles. The number of ether oxygens (including phenoxy) is 3. The number of benzene rings is 3. The minimum absolute atomic E-state index is 0.244. The van der Waals surface area contributed by atoms with Gasteiger partial charge in [-0.05, 0) is 72.7 Å². The molecule has 10 heteroatoms. The van der Waals surface area contributed by atoms with Crippen molar-refractivity contribution in [2.75, 3.05) is 20.8 Å². The van der Waals surface area contributed by atoms with Gasteiger partial charge < -0.3 is 14.2 Å². The summed E-state index contributed by atoms with van der Waals surface area (Å²) in [6, 6.07) is 21.4. The molecular formula is C34H29N5O4S. The minimum Gasteiger partial charge on any atom is -0.496 e.